The Kier molecular flexibility index (Phi) is 3.19. The first-order valence-corrected chi connectivity index (χ1v) is 6.07. The maximum absolute atomic E-state index is 11.9. The van der Waals surface area contributed by atoms with Gasteiger partial charge in [-0.2, -0.15) is 0 Å². The highest BCUT2D eigenvalue weighted by molar-refractivity contribution is 7.99. The molecule has 1 aliphatic heterocycles. The van der Waals surface area contributed by atoms with Crippen LogP contribution in [0.1, 0.15) is 6.92 Å². The van der Waals surface area contributed by atoms with E-state index in [1.165, 1.54) is 13.0 Å². The number of allylic oxidation sites excluding steroid dienone is 1. The van der Waals surface area contributed by atoms with Gasteiger partial charge in [-0.25, -0.2) is 0 Å². The molecule has 0 saturated heterocycles. The number of benzene rings is 1. The highest BCUT2D eigenvalue weighted by atomic mass is 32.2. The number of para-hydroxylation sites is 1. The second kappa shape index (κ2) is 4.61. The zero-order valence-corrected chi connectivity index (χ0v) is 9.83. The van der Waals surface area contributed by atoms with Crippen molar-refractivity contribution in [2.24, 2.45) is 0 Å². The number of rotatable bonds is 1. The molecule has 0 aliphatic carbocycles. The van der Waals surface area contributed by atoms with Crippen molar-refractivity contribution in [2.75, 3.05) is 17.2 Å². The van der Waals surface area contributed by atoms with Gasteiger partial charge in [0, 0.05) is 23.3 Å². The number of anilines is 1. The van der Waals surface area contributed by atoms with Gasteiger partial charge in [0.1, 0.15) is 0 Å². The van der Waals surface area contributed by atoms with Gasteiger partial charge in [-0.15, -0.1) is 11.8 Å². The zero-order chi connectivity index (χ0) is 11.5. The number of nitrogens with zero attached hydrogens (tertiary/aromatic N) is 1. The lowest BCUT2D eigenvalue weighted by molar-refractivity contribution is -0.114. The molecule has 2 rings (SSSR count). The van der Waals surface area contributed by atoms with Crippen LogP contribution in [0.4, 0.5) is 5.69 Å². The summed E-state index contributed by atoms with van der Waals surface area (Å²) < 4.78 is 0. The van der Waals surface area contributed by atoms with Crippen molar-refractivity contribution in [3.8, 4) is 0 Å². The molecule has 1 aromatic carbocycles. The fourth-order valence-corrected chi connectivity index (χ4v) is 2.65. The van der Waals surface area contributed by atoms with Crippen LogP contribution in [0.25, 0.3) is 0 Å². The van der Waals surface area contributed by atoms with Gasteiger partial charge in [0.05, 0.1) is 11.4 Å². The first kappa shape index (κ1) is 11.1. The van der Waals surface area contributed by atoms with E-state index in [0.717, 1.165) is 16.3 Å². The number of amides is 1. The average molecular weight is 235 g/mol. The van der Waals surface area contributed by atoms with Crippen LogP contribution < -0.4 is 4.90 Å². The van der Waals surface area contributed by atoms with E-state index in [1.807, 2.05) is 24.3 Å². The molecule has 0 fully saturated rings. The Morgan fingerprint density at radius 2 is 2.25 bits per heavy atom. The fourth-order valence-electron chi connectivity index (χ4n) is 1.66. The van der Waals surface area contributed by atoms with Crippen molar-refractivity contribution in [2.45, 2.75) is 11.8 Å². The van der Waals surface area contributed by atoms with Crippen molar-refractivity contribution in [1.29, 1.82) is 0 Å². The lowest BCUT2D eigenvalue weighted by Gasteiger charge is -2.27. The van der Waals surface area contributed by atoms with Crippen molar-refractivity contribution >= 4 is 23.4 Å². The molecule has 0 unspecified atom stereocenters. The second-order valence-corrected chi connectivity index (χ2v) is 4.73. The van der Waals surface area contributed by atoms with Gasteiger partial charge < -0.3 is 10.0 Å². The molecule has 1 aliphatic rings. The summed E-state index contributed by atoms with van der Waals surface area (Å²) in [6, 6.07) is 7.82. The SMILES string of the molecule is C/C(O)=C/C(=O)N1CCSc2ccccc21. The molecule has 0 aromatic heterocycles. The Labute approximate surface area is 98.8 Å². The maximum atomic E-state index is 11.9. The van der Waals surface area contributed by atoms with E-state index in [9.17, 15) is 4.79 Å². The molecule has 1 aromatic rings. The molecule has 3 nitrogen and oxygen atoms in total. The highest BCUT2D eigenvalue weighted by Gasteiger charge is 2.21. The monoisotopic (exact) mass is 235 g/mol. The van der Waals surface area contributed by atoms with Crippen LogP contribution in [0.15, 0.2) is 41.0 Å². The van der Waals surface area contributed by atoms with Crippen LogP contribution in [0.3, 0.4) is 0 Å². The quantitative estimate of drug-likeness (QED) is 0.601. The number of hydrogen-bond acceptors (Lipinski definition) is 3. The number of fused-ring (bicyclic) bond motifs is 1. The Morgan fingerprint density at radius 3 is 3.00 bits per heavy atom. The molecule has 1 amide bonds. The first-order valence-electron chi connectivity index (χ1n) is 5.09. The standard InChI is InChI=1S/C12H13NO2S/c1-9(14)8-12(15)13-6-7-16-11-5-3-2-4-10(11)13/h2-5,8,14H,6-7H2,1H3/b9-8-. The minimum Gasteiger partial charge on any atom is -0.512 e. The summed E-state index contributed by atoms with van der Waals surface area (Å²) in [5, 5.41) is 9.11. The lowest BCUT2D eigenvalue weighted by atomic mass is 10.2. The molecule has 16 heavy (non-hydrogen) atoms. The predicted molar refractivity (Wildman–Crippen MR) is 65.9 cm³/mol. The molecule has 0 bridgehead atoms. The predicted octanol–water partition coefficient (Wildman–Crippen LogP) is 2.59. The number of carbonyl (C=O) groups excluding carboxylic acids is 1. The van der Waals surface area contributed by atoms with Crippen LogP contribution in [0.2, 0.25) is 0 Å². The molecular weight excluding hydrogens is 222 g/mol. The van der Waals surface area contributed by atoms with Gasteiger partial charge in [0.2, 0.25) is 0 Å². The molecule has 1 N–H and O–H groups in total. The average Bonchev–Trinajstić information content (AvgIpc) is 2.27. The molecule has 4 heteroatoms. The number of carbonyl (C=O) groups is 1. The molecule has 0 radical (unpaired) electrons. The summed E-state index contributed by atoms with van der Waals surface area (Å²) in [7, 11) is 0. The van der Waals surface area contributed by atoms with Crippen LogP contribution in [0.5, 0.6) is 0 Å². The van der Waals surface area contributed by atoms with Crippen molar-refractivity contribution < 1.29 is 9.90 Å². The Hall–Kier alpha value is -1.42. The third kappa shape index (κ3) is 2.22. The molecule has 0 saturated carbocycles. The highest BCUT2D eigenvalue weighted by Crippen LogP contribution is 2.34. The number of hydrogen-bond donors (Lipinski definition) is 1. The topological polar surface area (TPSA) is 40.5 Å². The van der Waals surface area contributed by atoms with Crippen molar-refractivity contribution in [3.63, 3.8) is 0 Å². The van der Waals surface area contributed by atoms with E-state index in [0.29, 0.717) is 6.54 Å². The lowest BCUT2D eigenvalue weighted by Crippen LogP contribution is -2.34. The van der Waals surface area contributed by atoms with E-state index in [1.54, 1.807) is 16.7 Å². The van der Waals surface area contributed by atoms with Gasteiger partial charge in [-0.3, -0.25) is 4.79 Å². The summed E-state index contributed by atoms with van der Waals surface area (Å²) in [5.74, 6) is 0.773. The smallest absolute Gasteiger partial charge is 0.254 e. The van der Waals surface area contributed by atoms with E-state index in [-0.39, 0.29) is 11.7 Å². The molecule has 84 valence electrons. The fraction of sp³-hybridized carbons (Fsp3) is 0.250. The molecule has 1 heterocycles. The zero-order valence-electron chi connectivity index (χ0n) is 9.01. The Bertz CT molecular complexity index is 438. The summed E-state index contributed by atoms with van der Waals surface area (Å²) in [5.41, 5.74) is 0.932. The minimum absolute atomic E-state index is 0.0423. The molecule has 0 spiro atoms. The van der Waals surface area contributed by atoms with Gasteiger partial charge in [0.15, 0.2) is 0 Å². The summed E-state index contributed by atoms with van der Waals surface area (Å²) in [6.07, 6.45) is 1.26. The van der Waals surface area contributed by atoms with Gasteiger partial charge in [-0.05, 0) is 19.1 Å². The van der Waals surface area contributed by atoms with E-state index >= 15 is 0 Å². The van der Waals surface area contributed by atoms with Crippen molar-refractivity contribution in [3.05, 3.63) is 36.1 Å². The van der Waals surface area contributed by atoms with E-state index in [4.69, 9.17) is 5.11 Å². The Balaban J connectivity index is 2.32. The summed E-state index contributed by atoms with van der Waals surface area (Å²) in [4.78, 5) is 14.7. The minimum atomic E-state index is -0.159. The third-order valence-electron chi connectivity index (χ3n) is 2.33. The van der Waals surface area contributed by atoms with E-state index in [2.05, 4.69) is 0 Å². The van der Waals surface area contributed by atoms with Crippen LogP contribution in [-0.4, -0.2) is 23.3 Å². The molecular formula is C12H13NO2S. The number of aliphatic hydroxyl groups excluding tert-OH is 1. The summed E-state index contributed by atoms with van der Waals surface area (Å²) >= 11 is 1.75. The van der Waals surface area contributed by atoms with Crippen LogP contribution in [0, 0.1) is 0 Å². The largest absolute Gasteiger partial charge is 0.512 e. The first-order chi connectivity index (χ1) is 7.68. The van der Waals surface area contributed by atoms with Gasteiger partial charge in [0.25, 0.3) is 5.91 Å². The number of aliphatic hydroxyl groups is 1. The van der Waals surface area contributed by atoms with Crippen LogP contribution >= 0.6 is 11.8 Å². The summed E-state index contributed by atoms with van der Waals surface area (Å²) in [6.45, 7) is 2.19. The normalized spacial score (nSPS) is 15.8. The van der Waals surface area contributed by atoms with Crippen molar-refractivity contribution in [1.82, 2.24) is 0 Å². The van der Waals surface area contributed by atoms with Crippen LogP contribution in [-0.2, 0) is 4.79 Å². The van der Waals surface area contributed by atoms with Gasteiger partial charge in [-0.1, -0.05) is 12.1 Å². The third-order valence-corrected chi connectivity index (χ3v) is 3.37. The maximum Gasteiger partial charge on any atom is 0.254 e. The second-order valence-electron chi connectivity index (χ2n) is 3.59. The number of thioether (sulfide) groups is 1. The Morgan fingerprint density at radius 1 is 1.50 bits per heavy atom. The van der Waals surface area contributed by atoms with E-state index < -0.39 is 0 Å². The van der Waals surface area contributed by atoms with Gasteiger partial charge >= 0.3 is 0 Å². The molecule has 0 atom stereocenters.